The molecule has 1 aliphatic rings. The van der Waals surface area contributed by atoms with Gasteiger partial charge < -0.3 is 10.1 Å². The molecule has 1 aliphatic heterocycles. The van der Waals surface area contributed by atoms with E-state index < -0.39 is 35.5 Å². The fourth-order valence-electron chi connectivity index (χ4n) is 2.32. The number of amides is 1. The molecule has 0 aromatic heterocycles. The molecular formula is C13H21F2NO2. The Morgan fingerprint density at radius 2 is 2.06 bits per heavy atom. The first-order valence-electron chi connectivity index (χ1n) is 6.00. The van der Waals surface area contributed by atoms with E-state index in [1.807, 2.05) is 13.8 Å². The number of carbonyl (C=O) groups is 1. The van der Waals surface area contributed by atoms with E-state index in [4.69, 9.17) is 4.74 Å². The molecular weight excluding hydrogens is 240 g/mol. The van der Waals surface area contributed by atoms with Crippen LogP contribution < -0.4 is 5.32 Å². The SMILES string of the molecule is C=CCC(F)(F)C(=O)N[C@H]1CC(C)(C)OC1(C)C. The highest BCUT2D eigenvalue weighted by Gasteiger charge is 2.49. The van der Waals surface area contributed by atoms with E-state index in [9.17, 15) is 13.6 Å². The zero-order valence-electron chi connectivity index (χ0n) is 11.3. The maximum absolute atomic E-state index is 13.4. The second-order valence-corrected chi connectivity index (χ2v) is 5.89. The predicted octanol–water partition coefficient (Wildman–Crippen LogP) is 2.66. The first-order chi connectivity index (χ1) is 8.00. The van der Waals surface area contributed by atoms with Crippen LogP contribution in [0.1, 0.15) is 40.5 Å². The lowest BCUT2D eigenvalue weighted by Gasteiger charge is -2.28. The van der Waals surface area contributed by atoms with Gasteiger partial charge in [0, 0.05) is 6.42 Å². The number of allylic oxidation sites excluding steroid dienone is 1. The Balaban J connectivity index is 2.74. The molecule has 0 aliphatic carbocycles. The van der Waals surface area contributed by atoms with Gasteiger partial charge in [-0.2, -0.15) is 8.78 Å². The third-order valence-corrected chi connectivity index (χ3v) is 3.11. The topological polar surface area (TPSA) is 38.3 Å². The molecule has 1 saturated heterocycles. The highest BCUT2D eigenvalue weighted by molar-refractivity contribution is 5.84. The van der Waals surface area contributed by atoms with Crippen molar-refractivity contribution in [2.45, 2.75) is 63.7 Å². The minimum atomic E-state index is -3.41. The summed E-state index contributed by atoms with van der Waals surface area (Å²) in [5, 5.41) is 2.39. The lowest BCUT2D eigenvalue weighted by molar-refractivity contribution is -0.147. The van der Waals surface area contributed by atoms with Crippen molar-refractivity contribution < 1.29 is 18.3 Å². The van der Waals surface area contributed by atoms with E-state index in [0.29, 0.717) is 6.42 Å². The van der Waals surface area contributed by atoms with E-state index in [1.165, 1.54) is 0 Å². The Labute approximate surface area is 107 Å². The lowest BCUT2D eigenvalue weighted by Crippen LogP contribution is -2.51. The quantitative estimate of drug-likeness (QED) is 0.790. The number of alkyl halides is 2. The number of rotatable bonds is 4. The van der Waals surface area contributed by atoms with Gasteiger partial charge in [0.05, 0.1) is 17.2 Å². The van der Waals surface area contributed by atoms with Crippen LogP contribution in [0.15, 0.2) is 12.7 Å². The van der Waals surface area contributed by atoms with Crippen molar-refractivity contribution in [2.75, 3.05) is 0 Å². The molecule has 1 heterocycles. The Morgan fingerprint density at radius 3 is 2.44 bits per heavy atom. The zero-order chi connectivity index (χ0) is 14.2. The molecule has 0 unspecified atom stereocenters. The summed E-state index contributed by atoms with van der Waals surface area (Å²) in [5.41, 5.74) is -1.07. The van der Waals surface area contributed by atoms with Gasteiger partial charge in [-0.1, -0.05) is 6.08 Å². The average molecular weight is 261 g/mol. The zero-order valence-corrected chi connectivity index (χ0v) is 11.3. The minimum Gasteiger partial charge on any atom is -0.367 e. The fraction of sp³-hybridized carbons (Fsp3) is 0.769. The maximum Gasteiger partial charge on any atom is 0.327 e. The first kappa shape index (κ1) is 15.1. The Bertz CT molecular complexity index is 351. The molecule has 0 saturated carbocycles. The third-order valence-electron chi connectivity index (χ3n) is 3.11. The molecule has 0 aromatic rings. The molecule has 5 heteroatoms. The van der Waals surface area contributed by atoms with Crippen molar-refractivity contribution in [3.63, 3.8) is 0 Å². The normalized spacial score (nSPS) is 25.8. The molecule has 1 N–H and O–H groups in total. The maximum atomic E-state index is 13.4. The second kappa shape index (κ2) is 4.61. The van der Waals surface area contributed by atoms with Gasteiger partial charge in [-0.3, -0.25) is 4.79 Å². The van der Waals surface area contributed by atoms with E-state index in [0.717, 1.165) is 6.08 Å². The average Bonchev–Trinajstić information content (AvgIpc) is 2.33. The summed E-state index contributed by atoms with van der Waals surface area (Å²) in [6.07, 6.45) is 0.895. The van der Waals surface area contributed by atoms with E-state index >= 15 is 0 Å². The van der Waals surface area contributed by atoms with Gasteiger partial charge in [0.15, 0.2) is 0 Å². The first-order valence-corrected chi connectivity index (χ1v) is 6.00. The van der Waals surface area contributed by atoms with Crippen molar-refractivity contribution in [1.29, 1.82) is 0 Å². The largest absolute Gasteiger partial charge is 0.367 e. The molecule has 0 spiro atoms. The van der Waals surface area contributed by atoms with Crippen molar-refractivity contribution in [2.24, 2.45) is 0 Å². The van der Waals surface area contributed by atoms with Gasteiger partial charge >= 0.3 is 5.92 Å². The molecule has 1 fully saturated rings. The van der Waals surface area contributed by atoms with Crippen LogP contribution in [0.5, 0.6) is 0 Å². The Hall–Kier alpha value is -0.970. The summed E-state index contributed by atoms with van der Waals surface area (Å²) < 4.78 is 32.5. The van der Waals surface area contributed by atoms with Gasteiger partial charge in [0.25, 0.3) is 5.91 Å². The van der Waals surface area contributed by atoms with Crippen molar-refractivity contribution in [3.05, 3.63) is 12.7 Å². The van der Waals surface area contributed by atoms with Gasteiger partial charge in [0.2, 0.25) is 0 Å². The summed E-state index contributed by atoms with van der Waals surface area (Å²) in [7, 11) is 0. The summed E-state index contributed by atoms with van der Waals surface area (Å²) in [4.78, 5) is 11.5. The molecule has 3 nitrogen and oxygen atoms in total. The van der Waals surface area contributed by atoms with E-state index in [1.54, 1.807) is 13.8 Å². The van der Waals surface area contributed by atoms with Crippen LogP contribution in [0.4, 0.5) is 8.78 Å². The van der Waals surface area contributed by atoms with E-state index in [-0.39, 0.29) is 0 Å². The highest BCUT2D eigenvalue weighted by Crippen LogP contribution is 2.37. The number of ether oxygens (including phenoxy) is 1. The van der Waals surface area contributed by atoms with Crippen LogP contribution in [0, 0.1) is 0 Å². The molecule has 0 aromatic carbocycles. The van der Waals surface area contributed by atoms with Gasteiger partial charge in [-0.25, -0.2) is 0 Å². The van der Waals surface area contributed by atoms with Crippen molar-refractivity contribution in [1.82, 2.24) is 5.32 Å². The molecule has 1 atom stereocenters. The van der Waals surface area contributed by atoms with Gasteiger partial charge in [0.1, 0.15) is 0 Å². The third kappa shape index (κ3) is 3.28. The van der Waals surface area contributed by atoms with Crippen LogP contribution in [0.3, 0.4) is 0 Å². The number of hydrogen-bond donors (Lipinski definition) is 1. The molecule has 0 bridgehead atoms. The number of halogens is 2. The van der Waals surface area contributed by atoms with E-state index in [2.05, 4.69) is 11.9 Å². The van der Waals surface area contributed by atoms with Crippen molar-refractivity contribution >= 4 is 5.91 Å². The number of nitrogens with one attached hydrogen (secondary N) is 1. The summed E-state index contributed by atoms with van der Waals surface area (Å²) in [6, 6.07) is -0.421. The van der Waals surface area contributed by atoms with Gasteiger partial charge in [-0.15, -0.1) is 6.58 Å². The monoisotopic (exact) mass is 261 g/mol. The van der Waals surface area contributed by atoms with Crippen LogP contribution in [-0.4, -0.2) is 29.1 Å². The summed E-state index contributed by atoms with van der Waals surface area (Å²) in [6.45, 7) is 10.6. The van der Waals surface area contributed by atoms with Crippen LogP contribution >= 0.6 is 0 Å². The predicted molar refractivity (Wildman–Crippen MR) is 65.6 cm³/mol. The molecule has 0 radical (unpaired) electrons. The second-order valence-electron chi connectivity index (χ2n) is 5.89. The standard InChI is InChI=1S/C13H21F2NO2/c1-6-7-13(14,15)10(17)16-9-8-11(2,3)18-12(9,4)5/h6,9H,1,7-8H2,2-5H3,(H,16,17)/t9-/m0/s1. The highest BCUT2D eigenvalue weighted by atomic mass is 19.3. The van der Waals surface area contributed by atoms with Crippen LogP contribution in [-0.2, 0) is 9.53 Å². The summed E-state index contributed by atoms with van der Waals surface area (Å²) in [5.74, 6) is -4.67. The van der Waals surface area contributed by atoms with Crippen LogP contribution in [0.2, 0.25) is 0 Å². The van der Waals surface area contributed by atoms with Gasteiger partial charge in [-0.05, 0) is 34.1 Å². The smallest absolute Gasteiger partial charge is 0.327 e. The molecule has 18 heavy (non-hydrogen) atoms. The fourth-order valence-corrected chi connectivity index (χ4v) is 2.32. The van der Waals surface area contributed by atoms with Crippen LogP contribution in [0.25, 0.3) is 0 Å². The molecule has 1 amide bonds. The minimum absolute atomic E-state index is 0.421. The Morgan fingerprint density at radius 1 is 1.50 bits per heavy atom. The molecule has 104 valence electrons. The molecule has 1 rings (SSSR count). The number of carbonyl (C=O) groups excluding carboxylic acids is 1. The van der Waals surface area contributed by atoms with Crippen molar-refractivity contribution in [3.8, 4) is 0 Å². The lowest BCUT2D eigenvalue weighted by atomic mass is 9.94. The number of hydrogen-bond acceptors (Lipinski definition) is 2. The Kier molecular flexibility index (Phi) is 3.86. The summed E-state index contributed by atoms with van der Waals surface area (Å²) >= 11 is 0.